The van der Waals surface area contributed by atoms with E-state index >= 15 is 0 Å². The fourth-order valence-corrected chi connectivity index (χ4v) is 4.44. The summed E-state index contributed by atoms with van der Waals surface area (Å²) in [7, 11) is 0. The van der Waals surface area contributed by atoms with Gasteiger partial charge in [0.25, 0.3) is 0 Å². The highest BCUT2D eigenvalue weighted by Crippen LogP contribution is 2.39. The van der Waals surface area contributed by atoms with Crippen LogP contribution in [-0.2, 0) is 4.74 Å². The van der Waals surface area contributed by atoms with Crippen molar-refractivity contribution in [2.24, 2.45) is 11.8 Å². The molecule has 2 bridgehead atoms. The zero-order valence-corrected chi connectivity index (χ0v) is 16.9. The number of likely N-dealkylation sites (tertiary alicyclic amines) is 1. The van der Waals surface area contributed by atoms with Crippen molar-refractivity contribution in [3.63, 3.8) is 0 Å². The van der Waals surface area contributed by atoms with Gasteiger partial charge in [-0.05, 0) is 73.5 Å². The summed E-state index contributed by atoms with van der Waals surface area (Å²) < 4.78 is 8.23. The van der Waals surface area contributed by atoms with E-state index in [1.807, 2.05) is 44.0 Å². The highest BCUT2D eigenvalue weighted by atomic mass is 79.9. The van der Waals surface area contributed by atoms with Crippen LogP contribution in [0.2, 0.25) is 0 Å². The highest BCUT2D eigenvalue weighted by Gasteiger charge is 2.44. The molecule has 1 amide bonds. The minimum atomic E-state index is -0.459. The van der Waals surface area contributed by atoms with Crippen molar-refractivity contribution in [2.75, 3.05) is 18.4 Å². The summed E-state index contributed by atoms with van der Waals surface area (Å²) in [4.78, 5) is 18.9. The van der Waals surface area contributed by atoms with Crippen LogP contribution in [0.4, 0.5) is 10.7 Å². The number of amides is 1. The van der Waals surface area contributed by atoms with E-state index in [0.717, 1.165) is 36.1 Å². The maximum atomic E-state index is 12.4. The molecule has 2 aliphatic rings. The number of hydrogen-bond acceptors (Lipinski definition) is 5. The number of nitrogens with zero attached hydrogens (tertiary/aromatic N) is 4. The maximum Gasteiger partial charge on any atom is 0.410 e. The van der Waals surface area contributed by atoms with Crippen LogP contribution < -0.4 is 5.32 Å². The number of hydrogen-bond donors (Lipinski definition) is 1. The van der Waals surface area contributed by atoms with Gasteiger partial charge in [0.2, 0.25) is 5.95 Å². The SMILES string of the molecule is CC(C)(C)OC(=O)N1C[C@H]2CC[C@@H](C1)C2Nc1nc2c(Br)cccn2n1. The van der Waals surface area contributed by atoms with E-state index in [0.29, 0.717) is 23.8 Å². The van der Waals surface area contributed by atoms with Crippen molar-refractivity contribution < 1.29 is 9.53 Å². The van der Waals surface area contributed by atoms with E-state index in [-0.39, 0.29) is 6.09 Å². The number of pyridine rings is 1. The number of fused-ring (bicyclic) bond motifs is 3. The molecule has 1 aliphatic heterocycles. The molecule has 26 heavy (non-hydrogen) atoms. The second-order valence-corrected chi connectivity index (χ2v) is 9.07. The van der Waals surface area contributed by atoms with Crippen molar-refractivity contribution in [2.45, 2.75) is 45.3 Å². The van der Waals surface area contributed by atoms with E-state index < -0.39 is 5.60 Å². The molecule has 2 fully saturated rings. The first-order chi connectivity index (χ1) is 12.3. The standard InChI is InChI=1S/C18H24BrN5O2/c1-18(2,3)26-17(25)23-9-11-6-7-12(10-23)14(11)20-16-21-15-13(19)5-4-8-24(15)22-16/h4-5,8,11-12,14H,6-7,9-10H2,1-3H3,(H,20,22)/t11-,12+,14?. The normalized spacial score (nSPS) is 25.5. The monoisotopic (exact) mass is 421 g/mol. The summed E-state index contributed by atoms with van der Waals surface area (Å²) in [5, 5.41) is 8.05. The van der Waals surface area contributed by atoms with Crippen molar-refractivity contribution in [3.05, 3.63) is 22.8 Å². The van der Waals surface area contributed by atoms with Crippen LogP contribution in [0, 0.1) is 11.8 Å². The Morgan fingerprint density at radius 2 is 2.00 bits per heavy atom. The third-order valence-electron chi connectivity index (χ3n) is 5.10. The minimum absolute atomic E-state index is 0.206. The lowest BCUT2D eigenvalue weighted by molar-refractivity contribution is 0.0141. The molecule has 140 valence electrons. The largest absolute Gasteiger partial charge is 0.444 e. The van der Waals surface area contributed by atoms with Gasteiger partial charge in [-0.3, -0.25) is 0 Å². The second-order valence-electron chi connectivity index (χ2n) is 8.21. The van der Waals surface area contributed by atoms with E-state index in [9.17, 15) is 4.79 Å². The molecule has 1 unspecified atom stereocenters. The molecule has 3 heterocycles. The Kier molecular flexibility index (Phi) is 4.33. The van der Waals surface area contributed by atoms with Crippen molar-refractivity contribution >= 4 is 33.6 Å². The fraction of sp³-hybridized carbons (Fsp3) is 0.611. The predicted octanol–water partition coefficient (Wildman–Crippen LogP) is 3.55. The molecule has 1 saturated heterocycles. The van der Waals surface area contributed by atoms with E-state index in [1.165, 1.54) is 0 Å². The van der Waals surface area contributed by atoms with Crippen molar-refractivity contribution in [3.8, 4) is 0 Å². The van der Waals surface area contributed by atoms with Crippen LogP contribution in [0.1, 0.15) is 33.6 Å². The number of piperidine rings is 1. The zero-order chi connectivity index (χ0) is 18.5. The average Bonchev–Trinajstić information content (AvgIpc) is 3.04. The minimum Gasteiger partial charge on any atom is -0.444 e. The van der Waals surface area contributed by atoms with Crippen LogP contribution in [0.5, 0.6) is 0 Å². The molecule has 8 heteroatoms. The number of anilines is 1. The third-order valence-corrected chi connectivity index (χ3v) is 5.71. The Morgan fingerprint density at radius 1 is 1.31 bits per heavy atom. The Bertz CT molecular complexity index is 817. The first kappa shape index (κ1) is 17.6. The fourth-order valence-electron chi connectivity index (χ4n) is 4.02. The summed E-state index contributed by atoms with van der Waals surface area (Å²) in [6, 6.07) is 4.18. The third kappa shape index (κ3) is 3.39. The van der Waals surface area contributed by atoms with Gasteiger partial charge in [0, 0.05) is 25.3 Å². The molecule has 4 rings (SSSR count). The molecule has 0 spiro atoms. The van der Waals surface area contributed by atoms with Crippen molar-refractivity contribution in [1.29, 1.82) is 0 Å². The number of carbonyl (C=O) groups excluding carboxylic acids is 1. The summed E-state index contributed by atoms with van der Waals surface area (Å²) in [6.07, 6.45) is 3.90. The number of aromatic nitrogens is 3. The Labute approximate surface area is 161 Å². The predicted molar refractivity (Wildman–Crippen MR) is 102 cm³/mol. The summed E-state index contributed by atoms with van der Waals surface area (Å²) >= 11 is 3.51. The van der Waals surface area contributed by atoms with E-state index in [4.69, 9.17) is 4.74 Å². The number of carbonyl (C=O) groups is 1. The lowest BCUT2D eigenvalue weighted by Crippen LogP contribution is -2.51. The number of ether oxygens (including phenoxy) is 1. The van der Waals surface area contributed by atoms with Gasteiger partial charge in [-0.2, -0.15) is 4.98 Å². The highest BCUT2D eigenvalue weighted by molar-refractivity contribution is 9.10. The Morgan fingerprint density at radius 3 is 2.62 bits per heavy atom. The second kappa shape index (κ2) is 6.40. The number of nitrogens with one attached hydrogen (secondary N) is 1. The van der Waals surface area contributed by atoms with Gasteiger partial charge in [0.15, 0.2) is 5.65 Å². The first-order valence-electron chi connectivity index (χ1n) is 9.05. The molecule has 2 aromatic rings. The maximum absolute atomic E-state index is 12.4. The Hall–Kier alpha value is -1.83. The quantitative estimate of drug-likeness (QED) is 0.802. The van der Waals surface area contributed by atoms with Crippen LogP contribution >= 0.6 is 15.9 Å². The molecule has 1 saturated carbocycles. The number of rotatable bonds is 2. The zero-order valence-electron chi connectivity index (χ0n) is 15.3. The smallest absolute Gasteiger partial charge is 0.410 e. The summed E-state index contributed by atoms with van der Waals surface area (Å²) in [5.41, 5.74) is 0.340. The molecular formula is C18H24BrN5O2. The van der Waals surface area contributed by atoms with E-state index in [2.05, 4.69) is 31.3 Å². The lowest BCUT2D eigenvalue weighted by atomic mass is 9.92. The van der Waals surface area contributed by atoms with Gasteiger partial charge in [-0.1, -0.05) is 0 Å². The van der Waals surface area contributed by atoms with E-state index in [1.54, 1.807) is 4.52 Å². The van der Waals surface area contributed by atoms with Gasteiger partial charge in [0.05, 0.1) is 4.47 Å². The molecule has 1 aliphatic carbocycles. The first-order valence-corrected chi connectivity index (χ1v) is 9.85. The molecule has 3 atom stereocenters. The average molecular weight is 422 g/mol. The van der Waals surface area contributed by atoms with Crippen molar-refractivity contribution in [1.82, 2.24) is 19.5 Å². The summed E-state index contributed by atoms with van der Waals surface area (Å²) in [6.45, 7) is 7.16. The van der Waals surface area contributed by atoms with Crippen LogP contribution in [0.3, 0.4) is 0 Å². The number of halogens is 1. The van der Waals surface area contributed by atoms with Crippen LogP contribution in [-0.4, -0.2) is 50.3 Å². The topological polar surface area (TPSA) is 71.8 Å². The van der Waals surface area contributed by atoms with Gasteiger partial charge < -0.3 is 15.0 Å². The molecular weight excluding hydrogens is 398 g/mol. The molecule has 1 N–H and O–H groups in total. The Balaban J connectivity index is 1.46. The van der Waals surface area contributed by atoms with Gasteiger partial charge in [-0.25, -0.2) is 9.31 Å². The molecule has 7 nitrogen and oxygen atoms in total. The lowest BCUT2D eigenvalue weighted by Gasteiger charge is -2.38. The van der Waals surface area contributed by atoms with Gasteiger partial charge in [0.1, 0.15) is 5.60 Å². The van der Waals surface area contributed by atoms with Gasteiger partial charge >= 0.3 is 6.09 Å². The van der Waals surface area contributed by atoms with Crippen LogP contribution in [0.15, 0.2) is 22.8 Å². The summed E-state index contributed by atoms with van der Waals surface area (Å²) in [5.74, 6) is 1.44. The van der Waals surface area contributed by atoms with Crippen LogP contribution in [0.25, 0.3) is 5.65 Å². The van der Waals surface area contributed by atoms with Gasteiger partial charge in [-0.15, -0.1) is 5.10 Å². The molecule has 0 aromatic carbocycles. The molecule has 0 radical (unpaired) electrons. The molecule has 2 aromatic heterocycles.